The molecule has 0 spiro atoms. The second-order valence-electron chi connectivity index (χ2n) is 3.95. The molecule has 0 aliphatic heterocycles. The Hall–Kier alpha value is -2.04. The fraction of sp³-hybridized carbons (Fsp3) is 0.333. The number of carboxylic acids is 1. The van der Waals surface area contributed by atoms with Gasteiger partial charge in [0.2, 0.25) is 0 Å². The molecule has 1 aromatic heterocycles. The maximum Gasteiger partial charge on any atom is 0.312 e. The smallest absolute Gasteiger partial charge is 0.312 e. The molecular formula is C12H14N2O3. The molecular weight excluding hydrogens is 220 g/mol. The van der Waals surface area contributed by atoms with Gasteiger partial charge in [0.1, 0.15) is 5.75 Å². The average Bonchev–Trinajstić information content (AvgIpc) is 2.65. The molecule has 0 fully saturated rings. The van der Waals surface area contributed by atoms with Gasteiger partial charge in [-0.25, -0.2) is 0 Å². The molecule has 2 aromatic rings. The van der Waals surface area contributed by atoms with Crippen LogP contribution < -0.4 is 4.74 Å². The molecule has 5 nitrogen and oxygen atoms in total. The lowest BCUT2D eigenvalue weighted by atomic mass is 10.0. The Bertz CT molecular complexity index is 574. The zero-order chi connectivity index (χ0) is 12.6. The third-order valence-electron chi connectivity index (χ3n) is 2.87. The summed E-state index contributed by atoms with van der Waals surface area (Å²) in [4.78, 5) is 11.0. The molecule has 1 heterocycles. The van der Waals surface area contributed by atoms with E-state index in [-0.39, 0.29) is 0 Å². The first-order chi connectivity index (χ1) is 8.04. The molecule has 0 saturated carbocycles. The first-order valence-electron chi connectivity index (χ1n) is 5.28. The molecule has 0 aliphatic carbocycles. The summed E-state index contributed by atoms with van der Waals surface area (Å²) in [6, 6.07) is 5.50. The number of aliphatic carboxylic acids is 1. The fourth-order valence-electron chi connectivity index (χ4n) is 1.83. The quantitative estimate of drug-likeness (QED) is 0.879. The molecule has 1 atom stereocenters. The second kappa shape index (κ2) is 4.08. The highest BCUT2D eigenvalue weighted by molar-refractivity contribution is 5.88. The summed E-state index contributed by atoms with van der Waals surface area (Å²) < 4.78 is 6.81. The van der Waals surface area contributed by atoms with Gasteiger partial charge in [-0.05, 0) is 19.1 Å². The number of fused-ring (bicyclic) bond motifs is 1. The van der Waals surface area contributed by atoms with Crippen LogP contribution in [0, 0.1) is 0 Å². The minimum atomic E-state index is -0.874. The summed E-state index contributed by atoms with van der Waals surface area (Å²) in [6.07, 6.45) is 0. The lowest BCUT2D eigenvalue weighted by Crippen LogP contribution is -2.08. The number of methoxy groups -OCH3 is 1. The van der Waals surface area contributed by atoms with Crippen molar-refractivity contribution in [1.82, 2.24) is 9.78 Å². The van der Waals surface area contributed by atoms with E-state index in [1.807, 2.05) is 18.2 Å². The Morgan fingerprint density at radius 3 is 2.82 bits per heavy atom. The predicted octanol–water partition coefficient (Wildman–Crippen LogP) is 1.77. The van der Waals surface area contributed by atoms with Gasteiger partial charge in [-0.1, -0.05) is 0 Å². The van der Waals surface area contributed by atoms with Crippen LogP contribution >= 0.6 is 0 Å². The summed E-state index contributed by atoms with van der Waals surface area (Å²) in [5.74, 6) is -0.761. The molecule has 0 amide bonds. The Morgan fingerprint density at radius 1 is 1.53 bits per heavy atom. The Morgan fingerprint density at radius 2 is 2.24 bits per heavy atom. The average molecular weight is 234 g/mol. The van der Waals surface area contributed by atoms with E-state index in [1.54, 1.807) is 25.8 Å². The largest absolute Gasteiger partial charge is 0.497 e. The first-order valence-corrected chi connectivity index (χ1v) is 5.28. The van der Waals surface area contributed by atoms with Crippen molar-refractivity contribution < 1.29 is 14.6 Å². The van der Waals surface area contributed by atoms with Crippen LogP contribution in [0.25, 0.3) is 10.9 Å². The predicted molar refractivity (Wildman–Crippen MR) is 63.3 cm³/mol. The molecule has 1 N–H and O–H groups in total. The molecule has 90 valence electrons. The van der Waals surface area contributed by atoms with Gasteiger partial charge in [-0.15, -0.1) is 0 Å². The molecule has 1 unspecified atom stereocenters. The van der Waals surface area contributed by atoms with Crippen LogP contribution in [0.5, 0.6) is 5.75 Å². The zero-order valence-electron chi connectivity index (χ0n) is 9.97. The highest BCUT2D eigenvalue weighted by Gasteiger charge is 2.20. The number of hydrogen-bond acceptors (Lipinski definition) is 3. The van der Waals surface area contributed by atoms with E-state index in [1.165, 1.54) is 0 Å². The molecule has 5 heteroatoms. The normalized spacial score (nSPS) is 12.6. The van der Waals surface area contributed by atoms with Gasteiger partial charge in [0.05, 0.1) is 24.2 Å². The zero-order valence-corrected chi connectivity index (χ0v) is 9.97. The highest BCUT2D eigenvalue weighted by atomic mass is 16.5. The summed E-state index contributed by atoms with van der Waals surface area (Å²) in [5.41, 5.74) is 1.45. The van der Waals surface area contributed by atoms with Gasteiger partial charge < -0.3 is 9.84 Å². The van der Waals surface area contributed by atoms with Gasteiger partial charge in [-0.2, -0.15) is 5.10 Å². The van der Waals surface area contributed by atoms with Gasteiger partial charge >= 0.3 is 5.97 Å². The third kappa shape index (κ3) is 1.84. The summed E-state index contributed by atoms with van der Waals surface area (Å²) in [5, 5.41) is 14.1. The number of carbonyl (C=O) groups is 1. The molecule has 0 radical (unpaired) electrons. The van der Waals surface area contributed by atoms with Gasteiger partial charge in [-0.3, -0.25) is 9.48 Å². The monoisotopic (exact) mass is 234 g/mol. The topological polar surface area (TPSA) is 64.3 Å². The molecule has 2 rings (SSSR count). The van der Waals surface area contributed by atoms with E-state index >= 15 is 0 Å². The maximum atomic E-state index is 11.0. The number of carboxylic acid groups (broad SMARTS) is 1. The summed E-state index contributed by atoms with van der Waals surface area (Å²) >= 11 is 0. The van der Waals surface area contributed by atoms with Crippen molar-refractivity contribution in [2.24, 2.45) is 7.05 Å². The molecule has 0 saturated heterocycles. The van der Waals surface area contributed by atoms with Crippen LogP contribution in [-0.4, -0.2) is 28.0 Å². The van der Waals surface area contributed by atoms with E-state index in [0.29, 0.717) is 5.69 Å². The number of hydrogen-bond donors (Lipinski definition) is 1. The third-order valence-corrected chi connectivity index (χ3v) is 2.87. The summed E-state index contributed by atoms with van der Waals surface area (Å²) in [7, 11) is 3.39. The number of benzene rings is 1. The molecule has 17 heavy (non-hydrogen) atoms. The van der Waals surface area contributed by atoms with E-state index in [0.717, 1.165) is 16.7 Å². The van der Waals surface area contributed by atoms with Crippen molar-refractivity contribution in [1.29, 1.82) is 0 Å². The van der Waals surface area contributed by atoms with Crippen molar-refractivity contribution >= 4 is 16.9 Å². The van der Waals surface area contributed by atoms with Crippen molar-refractivity contribution in [3.63, 3.8) is 0 Å². The van der Waals surface area contributed by atoms with Gasteiger partial charge in [0.25, 0.3) is 0 Å². The first kappa shape index (κ1) is 11.4. The minimum Gasteiger partial charge on any atom is -0.497 e. The van der Waals surface area contributed by atoms with Crippen LogP contribution in [0.15, 0.2) is 18.2 Å². The van der Waals surface area contributed by atoms with Gasteiger partial charge in [0, 0.05) is 18.5 Å². The van der Waals surface area contributed by atoms with Crippen LogP contribution in [0.1, 0.15) is 18.5 Å². The number of nitrogens with zero attached hydrogens (tertiary/aromatic N) is 2. The molecule has 0 bridgehead atoms. The lowest BCUT2D eigenvalue weighted by molar-refractivity contribution is -0.138. The number of aromatic nitrogens is 2. The Balaban J connectivity index is 2.63. The minimum absolute atomic E-state index is 0.581. The van der Waals surface area contributed by atoms with Crippen LogP contribution in [0.3, 0.4) is 0 Å². The highest BCUT2D eigenvalue weighted by Crippen LogP contribution is 2.27. The lowest BCUT2D eigenvalue weighted by Gasteiger charge is -2.03. The van der Waals surface area contributed by atoms with Crippen LogP contribution in [-0.2, 0) is 11.8 Å². The summed E-state index contributed by atoms with van der Waals surface area (Å²) in [6.45, 7) is 1.63. The van der Waals surface area contributed by atoms with Crippen LogP contribution in [0.2, 0.25) is 0 Å². The van der Waals surface area contributed by atoms with E-state index < -0.39 is 11.9 Å². The number of aryl methyl sites for hydroxylation is 1. The second-order valence-corrected chi connectivity index (χ2v) is 3.95. The van der Waals surface area contributed by atoms with Crippen molar-refractivity contribution in [2.75, 3.05) is 7.11 Å². The van der Waals surface area contributed by atoms with E-state index in [9.17, 15) is 4.79 Å². The Labute approximate surface area is 98.6 Å². The van der Waals surface area contributed by atoms with E-state index in [4.69, 9.17) is 9.84 Å². The molecule has 0 aliphatic rings. The van der Waals surface area contributed by atoms with E-state index in [2.05, 4.69) is 5.10 Å². The standard InChI is InChI=1S/C12H14N2O3/c1-7(12(15)16)11-9-5-4-8(17-3)6-10(9)14(2)13-11/h4-7H,1-3H3,(H,15,16). The number of rotatable bonds is 3. The maximum absolute atomic E-state index is 11.0. The SMILES string of the molecule is COc1ccc2c(C(C)C(=O)O)nn(C)c2c1. The van der Waals surface area contributed by atoms with Crippen molar-refractivity contribution in [3.8, 4) is 5.75 Å². The van der Waals surface area contributed by atoms with Crippen molar-refractivity contribution in [3.05, 3.63) is 23.9 Å². The molecule has 1 aromatic carbocycles. The van der Waals surface area contributed by atoms with Crippen LogP contribution in [0.4, 0.5) is 0 Å². The Kier molecular flexibility index (Phi) is 2.75. The van der Waals surface area contributed by atoms with Gasteiger partial charge in [0.15, 0.2) is 0 Å². The fourth-order valence-corrected chi connectivity index (χ4v) is 1.83. The van der Waals surface area contributed by atoms with Crippen molar-refractivity contribution in [2.45, 2.75) is 12.8 Å². The number of ether oxygens (including phenoxy) is 1.